The third kappa shape index (κ3) is 1.73. The Hall–Kier alpha value is -0.710. The summed E-state index contributed by atoms with van der Waals surface area (Å²) >= 11 is 5.60. The zero-order valence-corrected chi connectivity index (χ0v) is 9.03. The molecule has 0 aliphatic heterocycles. The van der Waals surface area contributed by atoms with Crippen molar-refractivity contribution in [1.29, 1.82) is 0 Å². The highest BCUT2D eigenvalue weighted by atomic mass is 35.7. The maximum atomic E-state index is 11.0. The Kier molecular flexibility index (Phi) is 2.21. The molecule has 0 atom stereocenters. The number of hydrogen-bond acceptors (Lipinski definition) is 3. The van der Waals surface area contributed by atoms with Gasteiger partial charge in [0, 0.05) is 22.1 Å². The van der Waals surface area contributed by atoms with Crippen molar-refractivity contribution in [2.75, 3.05) is 0 Å². The summed E-state index contributed by atoms with van der Waals surface area (Å²) < 4.78 is 27.0. The first-order valence-corrected chi connectivity index (χ1v) is 6.29. The number of fused-ring (bicyclic) bond motifs is 1. The third-order valence-corrected chi connectivity index (χ3v) is 3.28. The second kappa shape index (κ2) is 3.15. The monoisotopic (exact) mass is 250 g/mol. The third-order valence-electron chi connectivity index (χ3n) is 1.74. The summed E-state index contributed by atoms with van der Waals surface area (Å²) in [5, 5.41) is 0.820. The molecule has 0 N–H and O–H groups in total. The second-order valence-electron chi connectivity index (χ2n) is 2.69. The second-order valence-corrected chi connectivity index (χ2v) is 5.63. The largest absolute Gasteiger partial charge is 0.445 e. The molecular weight excluding hydrogens is 247 g/mol. The normalized spacial score (nSPS) is 12.1. The molecule has 2 rings (SSSR count). The maximum Gasteiger partial charge on any atom is 0.261 e. The summed E-state index contributed by atoms with van der Waals surface area (Å²) in [5.41, 5.74) is 0.527. The quantitative estimate of drug-likeness (QED) is 0.732. The van der Waals surface area contributed by atoms with Crippen LogP contribution in [0, 0.1) is 0 Å². The van der Waals surface area contributed by atoms with E-state index in [9.17, 15) is 8.42 Å². The van der Waals surface area contributed by atoms with Crippen LogP contribution in [0.15, 0.2) is 33.6 Å². The highest BCUT2D eigenvalue weighted by molar-refractivity contribution is 8.13. The van der Waals surface area contributed by atoms with Gasteiger partial charge in [0.25, 0.3) is 9.05 Å². The van der Waals surface area contributed by atoms with Crippen LogP contribution in [0.4, 0.5) is 0 Å². The van der Waals surface area contributed by atoms with Gasteiger partial charge in [-0.2, -0.15) is 0 Å². The molecule has 3 nitrogen and oxygen atoms in total. The van der Waals surface area contributed by atoms with Gasteiger partial charge < -0.3 is 4.42 Å². The summed E-state index contributed by atoms with van der Waals surface area (Å²) in [5.74, 6) is 0. The maximum absolute atomic E-state index is 11.0. The molecule has 0 spiro atoms. The Bertz CT molecular complexity index is 586. The summed E-state index contributed by atoms with van der Waals surface area (Å²) in [7, 11) is 1.48. The minimum atomic E-state index is -3.70. The van der Waals surface area contributed by atoms with Crippen LogP contribution in [-0.4, -0.2) is 8.42 Å². The van der Waals surface area contributed by atoms with Crippen molar-refractivity contribution in [2.24, 2.45) is 0 Å². The predicted octanol–water partition coefficient (Wildman–Crippen LogP) is 3.01. The lowest BCUT2D eigenvalue weighted by Gasteiger charge is -1.94. The van der Waals surface area contributed by atoms with Crippen LogP contribution < -0.4 is 0 Å². The first kappa shape index (κ1) is 9.83. The smallest absolute Gasteiger partial charge is 0.261 e. The van der Waals surface area contributed by atoms with Crippen molar-refractivity contribution in [1.82, 2.24) is 0 Å². The van der Waals surface area contributed by atoms with Gasteiger partial charge in [0.2, 0.25) is 0 Å². The van der Waals surface area contributed by atoms with Crippen molar-refractivity contribution in [3.05, 3.63) is 29.5 Å². The molecular formula is C8H4Cl2O3S. The van der Waals surface area contributed by atoms with E-state index < -0.39 is 9.05 Å². The Morgan fingerprint density at radius 1 is 1.21 bits per heavy atom. The molecule has 0 aliphatic carbocycles. The van der Waals surface area contributed by atoms with E-state index in [-0.39, 0.29) is 10.1 Å². The molecule has 0 radical (unpaired) electrons. The molecule has 2 aromatic rings. The number of furan rings is 1. The van der Waals surface area contributed by atoms with E-state index in [0.29, 0.717) is 11.0 Å². The Labute approximate surface area is 89.6 Å². The van der Waals surface area contributed by atoms with E-state index in [1.165, 1.54) is 24.3 Å². The van der Waals surface area contributed by atoms with E-state index >= 15 is 0 Å². The summed E-state index contributed by atoms with van der Waals surface area (Å²) in [6.07, 6.45) is 0. The fourth-order valence-corrected chi connectivity index (χ4v) is 2.13. The number of benzene rings is 1. The molecule has 0 saturated carbocycles. The SMILES string of the molecule is O=S(=O)(Cl)c1ccc2oc(Cl)cc2c1. The first-order valence-electron chi connectivity index (χ1n) is 3.60. The fraction of sp³-hybridized carbons (Fsp3) is 0. The van der Waals surface area contributed by atoms with Crippen LogP contribution in [0.3, 0.4) is 0 Å². The number of halogens is 2. The van der Waals surface area contributed by atoms with E-state index in [2.05, 4.69) is 0 Å². The first-order chi connectivity index (χ1) is 6.47. The Morgan fingerprint density at radius 3 is 2.57 bits per heavy atom. The van der Waals surface area contributed by atoms with E-state index in [0.717, 1.165) is 0 Å². The summed E-state index contributed by atoms with van der Waals surface area (Å²) in [6.45, 7) is 0. The van der Waals surface area contributed by atoms with Gasteiger partial charge in [-0.1, -0.05) is 0 Å². The van der Waals surface area contributed by atoms with Crippen molar-refractivity contribution >= 4 is 42.3 Å². The molecule has 1 aromatic heterocycles. The van der Waals surface area contributed by atoms with Crippen LogP contribution in [0.25, 0.3) is 11.0 Å². The van der Waals surface area contributed by atoms with Crippen LogP contribution in [0.5, 0.6) is 0 Å². The van der Waals surface area contributed by atoms with Crippen LogP contribution >= 0.6 is 22.3 Å². The summed E-state index contributed by atoms with van der Waals surface area (Å²) in [4.78, 5) is 0.0316. The molecule has 0 unspecified atom stereocenters. The molecule has 0 amide bonds. The lowest BCUT2D eigenvalue weighted by Crippen LogP contribution is -1.88. The van der Waals surface area contributed by atoms with E-state index in [1.54, 1.807) is 0 Å². The zero-order valence-electron chi connectivity index (χ0n) is 6.70. The van der Waals surface area contributed by atoms with Crippen LogP contribution in [0.2, 0.25) is 5.22 Å². The highest BCUT2D eigenvalue weighted by Gasteiger charge is 2.11. The molecule has 0 bridgehead atoms. The van der Waals surface area contributed by atoms with Gasteiger partial charge >= 0.3 is 0 Å². The minimum absolute atomic E-state index is 0.0316. The molecule has 1 heterocycles. The van der Waals surface area contributed by atoms with Crippen molar-refractivity contribution in [3.63, 3.8) is 0 Å². The van der Waals surface area contributed by atoms with Gasteiger partial charge in [-0.15, -0.1) is 0 Å². The Balaban J connectivity index is 2.74. The predicted molar refractivity (Wildman–Crippen MR) is 54.3 cm³/mol. The average Bonchev–Trinajstić information content (AvgIpc) is 2.41. The van der Waals surface area contributed by atoms with Gasteiger partial charge in [0.1, 0.15) is 5.58 Å². The highest BCUT2D eigenvalue weighted by Crippen LogP contribution is 2.26. The average molecular weight is 251 g/mol. The van der Waals surface area contributed by atoms with Gasteiger partial charge in [-0.05, 0) is 29.8 Å². The van der Waals surface area contributed by atoms with E-state index in [4.69, 9.17) is 26.7 Å². The number of hydrogen-bond donors (Lipinski definition) is 0. The summed E-state index contributed by atoms with van der Waals surface area (Å²) in [6, 6.07) is 5.82. The molecule has 1 aromatic carbocycles. The van der Waals surface area contributed by atoms with E-state index in [1.807, 2.05) is 0 Å². The van der Waals surface area contributed by atoms with Gasteiger partial charge in [-0.25, -0.2) is 8.42 Å². The van der Waals surface area contributed by atoms with Crippen molar-refractivity contribution in [2.45, 2.75) is 4.90 Å². The lowest BCUT2D eigenvalue weighted by molar-refractivity contribution is 0.609. The fourth-order valence-electron chi connectivity index (χ4n) is 1.14. The van der Waals surface area contributed by atoms with Crippen molar-refractivity contribution < 1.29 is 12.8 Å². The van der Waals surface area contributed by atoms with Crippen molar-refractivity contribution in [3.8, 4) is 0 Å². The molecule has 0 fully saturated rings. The topological polar surface area (TPSA) is 47.3 Å². The van der Waals surface area contributed by atoms with Gasteiger partial charge in [0.05, 0.1) is 4.90 Å². The van der Waals surface area contributed by atoms with Gasteiger partial charge in [-0.3, -0.25) is 0 Å². The standard InChI is InChI=1S/C8H4Cl2O3S/c9-8-4-5-3-6(14(10,11)12)1-2-7(5)13-8/h1-4H. The minimum Gasteiger partial charge on any atom is -0.445 e. The molecule has 6 heteroatoms. The van der Waals surface area contributed by atoms with Crippen LogP contribution in [0.1, 0.15) is 0 Å². The molecule has 0 aliphatic rings. The lowest BCUT2D eigenvalue weighted by atomic mass is 10.3. The number of rotatable bonds is 1. The van der Waals surface area contributed by atoms with Gasteiger partial charge in [0.15, 0.2) is 5.22 Å². The zero-order chi connectivity index (χ0) is 10.3. The molecule has 14 heavy (non-hydrogen) atoms. The molecule has 0 saturated heterocycles. The molecule has 74 valence electrons. The van der Waals surface area contributed by atoms with Crippen LogP contribution in [-0.2, 0) is 9.05 Å². The Morgan fingerprint density at radius 2 is 1.93 bits per heavy atom.